The van der Waals surface area contributed by atoms with Gasteiger partial charge in [-0.3, -0.25) is 19.7 Å². The fraction of sp³-hybridized carbons (Fsp3) is 0.185. The summed E-state index contributed by atoms with van der Waals surface area (Å²) >= 11 is 7.21. The number of imide groups is 1. The second-order valence-electron chi connectivity index (χ2n) is 8.40. The SMILES string of the molecule is CCCOC(=O)c1ccc(N2C(=O)C(Cl)=C(Nc3cccc(C(=O)Nc4nc(C)c(C(=O)OC)s4)c3)C2=O)cc1. The van der Waals surface area contributed by atoms with Crippen LogP contribution in [0.25, 0.3) is 0 Å². The van der Waals surface area contributed by atoms with Crippen molar-refractivity contribution in [3.8, 4) is 0 Å². The van der Waals surface area contributed by atoms with E-state index < -0.39 is 29.7 Å². The van der Waals surface area contributed by atoms with Crippen molar-refractivity contribution < 1.29 is 33.4 Å². The lowest BCUT2D eigenvalue weighted by Gasteiger charge is -2.15. The van der Waals surface area contributed by atoms with E-state index in [-0.39, 0.29) is 44.2 Å². The van der Waals surface area contributed by atoms with Gasteiger partial charge in [0, 0.05) is 11.3 Å². The lowest BCUT2D eigenvalue weighted by atomic mass is 10.2. The number of amides is 3. The van der Waals surface area contributed by atoms with E-state index >= 15 is 0 Å². The second kappa shape index (κ2) is 12.1. The molecule has 0 saturated carbocycles. The lowest BCUT2D eigenvalue weighted by Crippen LogP contribution is -2.32. The Hall–Kier alpha value is -4.55. The fourth-order valence-electron chi connectivity index (χ4n) is 3.65. The normalized spacial score (nSPS) is 12.9. The highest BCUT2D eigenvalue weighted by Gasteiger charge is 2.39. The summed E-state index contributed by atoms with van der Waals surface area (Å²) in [5.41, 5.74) is 1.28. The molecule has 0 fully saturated rings. The standard InChI is InChI=1S/C27H23ClN4O7S/c1-4-12-39-25(36)15-8-10-18(11-9-15)32-23(34)19(28)20(24(32)35)30-17-7-5-6-16(13-17)22(33)31-27-29-14(2)21(40-27)26(37)38-3/h5-11,13,30H,4,12H2,1-3H3,(H,29,31,33). The first-order chi connectivity index (χ1) is 19.1. The van der Waals surface area contributed by atoms with Crippen LogP contribution in [0.3, 0.4) is 0 Å². The number of carbonyl (C=O) groups excluding carboxylic acids is 5. The maximum atomic E-state index is 13.2. The number of ether oxygens (including phenoxy) is 2. The number of halogens is 1. The van der Waals surface area contributed by atoms with E-state index in [0.29, 0.717) is 17.8 Å². The number of anilines is 3. The molecular formula is C27H23ClN4O7S. The molecule has 4 rings (SSSR count). The predicted octanol–water partition coefficient (Wildman–Crippen LogP) is 4.49. The predicted molar refractivity (Wildman–Crippen MR) is 149 cm³/mol. The molecule has 1 aliphatic rings. The third kappa shape index (κ3) is 5.87. The van der Waals surface area contributed by atoms with Gasteiger partial charge in [-0.15, -0.1) is 0 Å². The van der Waals surface area contributed by atoms with Crippen LogP contribution < -0.4 is 15.5 Å². The zero-order chi connectivity index (χ0) is 29.0. The number of aryl methyl sites for hydroxylation is 1. The molecule has 0 bridgehead atoms. The Labute approximate surface area is 237 Å². The number of nitrogens with zero attached hydrogens (tertiary/aromatic N) is 2. The van der Waals surface area contributed by atoms with Crippen molar-refractivity contribution in [2.45, 2.75) is 20.3 Å². The number of benzene rings is 2. The summed E-state index contributed by atoms with van der Waals surface area (Å²) in [5.74, 6) is -3.03. The summed E-state index contributed by atoms with van der Waals surface area (Å²) in [7, 11) is 1.25. The van der Waals surface area contributed by atoms with Gasteiger partial charge in [-0.25, -0.2) is 19.5 Å². The van der Waals surface area contributed by atoms with Gasteiger partial charge >= 0.3 is 11.9 Å². The monoisotopic (exact) mass is 582 g/mol. The van der Waals surface area contributed by atoms with Gasteiger partial charge in [-0.05, 0) is 55.8 Å². The maximum absolute atomic E-state index is 13.2. The first kappa shape index (κ1) is 28.5. The summed E-state index contributed by atoms with van der Waals surface area (Å²) in [4.78, 5) is 68.0. The highest BCUT2D eigenvalue weighted by Crippen LogP contribution is 2.31. The van der Waals surface area contributed by atoms with Gasteiger partial charge in [0.2, 0.25) is 0 Å². The fourth-order valence-corrected chi connectivity index (χ4v) is 4.75. The topological polar surface area (TPSA) is 144 Å². The van der Waals surface area contributed by atoms with Crippen molar-refractivity contribution >= 4 is 69.1 Å². The molecule has 2 N–H and O–H groups in total. The molecule has 1 aromatic heterocycles. The molecule has 40 heavy (non-hydrogen) atoms. The Balaban J connectivity index is 1.48. The van der Waals surface area contributed by atoms with E-state index in [1.54, 1.807) is 25.1 Å². The minimum Gasteiger partial charge on any atom is -0.465 e. The summed E-state index contributed by atoms with van der Waals surface area (Å²) in [6, 6.07) is 12.0. The molecule has 0 spiro atoms. The zero-order valence-electron chi connectivity index (χ0n) is 21.6. The van der Waals surface area contributed by atoms with Crippen LogP contribution in [-0.2, 0) is 19.1 Å². The van der Waals surface area contributed by atoms with Crippen molar-refractivity contribution in [1.82, 2.24) is 4.98 Å². The molecule has 11 nitrogen and oxygen atoms in total. The molecule has 0 aliphatic carbocycles. The average molecular weight is 583 g/mol. The van der Waals surface area contributed by atoms with Crippen LogP contribution in [0.1, 0.15) is 49.4 Å². The Bertz CT molecular complexity index is 1550. The number of hydrogen-bond donors (Lipinski definition) is 2. The molecule has 0 radical (unpaired) electrons. The average Bonchev–Trinajstić information content (AvgIpc) is 3.42. The van der Waals surface area contributed by atoms with Crippen molar-refractivity contribution in [3.05, 3.63) is 81.0 Å². The van der Waals surface area contributed by atoms with Gasteiger partial charge in [0.15, 0.2) is 5.13 Å². The number of thiazole rings is 1. The van der Waals surface area contributed by atoms with Crippen LogP contribution in [-0.4, -0.2) is 48.4 Å². The van der Waals surface area contributed by atoms with Crippen LogP contribution in [0.4, 0.5) is 16.5 Å². The Morgan fingerprint density at radius 3 is 2.42 bits per heavy atom. The van der Waals surface area contributed by atoms with E-state index in [1.807, 2.05) is 6.92 Å². The Morgan fingerprint density at radius 2 is 1.75 bits per heavy atom. The zero-order valence-corrected chi connectivity index (χ0v) is 23.1. The molecule has 206 valence electrons. The lowest BCUT2D eigenvalue weighted by molar-refractivity contribution is -0.120. The van der Waals surface area contributed by atoms with Crippen LogP contribution in [0.15, 0.2) is 59.3 Å². The number of methoxy groups -OCH3 is 1. The van der Waals surface area contributed by atoms with Gasteiger partial charge < -0.3 is 14.8 Å². The molecule has 0 unspecified atom stereocenters. The highest BCUT2D eigenvalue weighted by atomic mass is 35.5. The Kier molecular flexibility index (Phi) is 8.61. The largest absolute Gasteiger partial charge is 0.465 e. The molecule has 3 aromatic rings. The van der Waals surface area contributed by atoms with E-state index in [9.17, 15) is 24.0 Å². The summed E-state index contributed by atoms with van der Waals surface area (Å²) in [6.45, 7) is 3.78. The summed E-state index contributed by atoms with van der Waals surface area (Å²) < 4.78 is 9.80. The van der Waals surface area contributed by atoms with Crippen LogP contribution in [0, 0.1) is 6.92 Å². The van der Waals surface area contributed by atoms with Crippen LogP contribution in [0.2, 0.25) is 0 Å². The smallest absolute Gasteiger partial charge is 0.350 e. The molecule has 13 heteroatoms. The van der Waals surface area contributed by atoms with E-state index in [4.69, 9.17) is 21.1 Å². The highest BCUT2D eigenvalue weighted by molar-refractivity contribution is 7.17. The minimum atomic E-state index is -0.745. The molecule has 2 heterocycles. The van der Waals surface area contributed by atoms with Gasteiger partial charge in [0.05, 0.1) is 30.7 Å². The van der Waals surface area contributed by atoms with E-state index in [0.717, 1.165) is 16.2 Å². The van der Waals surface area contributed by atoms with Gasteiger partial charge in [0.25, 0.3) is 17.7 Å². The maximum Gasteiger partial charge on any atom is 0.350 e. The third-order valence-corrected chi connectivity index (χ3v) is 7.01. The number of carbonyl (C=O) groups is 5. The minimum absolute atomic E-state index is 0.172. The van der Waals surface area contributed by atoms with Crippen LogP contribution in [0.5, 0.6) is 0 Å². The van der Waals surface area contributed by atoms with Gasteiger partial charge in [-0.2, -0.15) is 0 Å². The van der Waals surface area contributed by atoms with Crippen molar-refractivity contribution in [1.29, 1.82) is 0 Å². The number of aromatic nitrogens is 1. The van der Waals surface area contributed by atoms with E-state index in [1.165, 1.54) is 37.4 Å². The molecule has 0 atom stereocenters. The summed E-state index contributed by atoms with van der Waals surface area (Å²) in [6.07, 6.45) is 0.678. The summed E-state index contributed by atoms with van der Waals surface area (Å²) in [5, 5.41) is 5.33. The van der Waals surface area contributed by atoms with Crippen molar-refractivity contribution in [2.75, 3.05) is 29.3 Å². The van der Waals surface area contributed by atoms with Crippen LogP contribution >= 0.6 is 22.9 Å². The molecule has 0 saturated heterocycles. The third-order valence-electron chi connectivity index (χ3n) is 5.61. The first-order valence-corrected chi connectivity index (χ1v) is 13.1. The van der Waals surface area contributed by atoms with E-state index in [2.05, 4.69) is 15.6 Å². The molecule has 2 aromatic carbocycles. The number of hydrogen-bond acceptors (Lipinski definition) is 10. The second-order valence-corrected chi connectivity index (χ2v) is 9.78. The molecular weight excluding hydrogens is 560 g/mol. The van der Waals surface area contributed by atoms with Crippen molar-refractivity contribution in [2.24, 2.45) is 0 Å². The first-order valence-electron chi connectivity index (χ1n) is 11.9. The molecule has 1 aliphatic heterocycles. The Morgan fingerprint density at radius 1 is 1.02 bits per heavy atom. The number of nitrogens with one attached hydrogen (secondary N) is 2. The molecule has 3 amide bonds. The quantitative estimate of drug-likeness (QED) is 0.275. The van der Waals surface area contributed by atoms with Crippen molar-refractivity contribution in [3.63, 3.8) is 0 Å². The van der Waals surface area contributed by atoms with Gasteiger partial charge in [-0.1, -0.05) is 35.9 Å². The number of rotatable bonds is 9. The number of esters is 2. The van der Waals surface area contributed by atoms with Gasteiger partial charge in [0.1, 0.15) is 15.6 Å².